The Morgan fingerprint density at radius 2 is 0.551 bits per heavy atom. The van der Waals surface area contributed by atoms with E-state index in [4.69, 9.17) is 0 Å². The van der Waals surface area contributed by atoms with E-state index in [-0.39, 0.29) is 54.6 Å². The predicted molar refractivity (Wildman–Crippen MR) is 206 cm³/mol. The Kier molecular flexibility index (Phi) is 21.3. The van der Waals surface area contributed by atoms with Crippen molar-refractivity contribution in [3.8, 4) is 0 Å². The maximum Gasteiger partial charge on any atom is 2.00 e. The number of rotatable bonds is 6. The van der Waals surface area contributed by atoms with Gasteiger partial charge in [0.25, 0.3) is 0 Å². The van der Waals surface area contributed by atoms with Crippen molar-refractivity contribution in [3.63, 3.8) is 0 Å². The molecule has 0 radical (unpaired) electrons. The summed E-state index contributed by atoms with van der Waals surface area (Å²) in [5.41, 5.74) is 0. The molecular formula is C44H38Fe2P2Pd. The summed E-state index contributed by atoms with van der Waals surface area (Å²) in [6.45, 7) is 0. The van der Waals surface area contributed by atoms with Crippen LogP contribution in [-0.2, 0) is 54.6 Å². The molecule has 8 aromatic rings. The van der Waals surface area contributed by atoms with Crippen LogP contribution in [-0.4, -0.2) is 0 Å². The van der Waals surface area contributed by atoms with Gasteiger partial charge in [-0.05, 0) is 37.1 Å². The topological polar surface area (TPSA) is 0 Å². The molecule has 5 heteroatoms. The Hall–Kier alpha value is -3.16. The molecule has 49 heavy (non-hydrogen) atoms. The second-order valence-corrected chi connectivity index (χ2v) is 14.7. The van der Waals surface area contributed by atoms with Gasteiger partial charge in [-0.2, -0.15) is 60.7 Å². The SMILES string of the molecule is [Fe+2].[Fe+2].[Pd].c1cc[cH-]c1.c1cc[cH-]c1.c1ccc(P(c2ccccc2)c2ccc[cH-]2)cc1.c1ccc(P(c2ccccc2)c2ccc[cH-]2)cc1. The third kappa shape index (κ3) is 13.9. The van der Waals surface area contributed by atoms with Gasteiger partial charge >= 0.3 is 34.1 Å². The second-order valence-electron chi connectivity index (χ2n) is 10.2. The molecule has 0 aromatic heterocycles. The molecule has 0 spiro atoms. The first-order valence-electron chi connectivity index (χ1n) is 15.5. The van der Waals surface area contributed by atoms with Crippen LogP contribution in [0.15, 0.2) is 231 Å². The zero-order valence-corrected chi connectivity index (χ0v) is 32.4. The molecule has 8 rings (SSSR count). The van der Waals surface area contributed by atoms with Gasteiger partial charge in [-0.15, -0.1) is 10.6 Å². The number of benzene rings is 4. The summed E-state index contributed by atoms with van der Waals surface area (Å²) in [5.74, 6) is 0. The fraction of sp³-hybridized carbons (Fsp3) is 0. The van der Waals surface area contributed by atoms with E-state index in [1.165, 1.54) is 31.8 Å². The van der Waals surface area contributed by atoms with E-state index in [0.29, 0.717) is 0 Å². The van der Waals surface area contributed by atoms with E-state index in [0.717, 1.165) is 0 Å². The fourth-order valence-electron chi connectivity index (χ4n) is 4.87. The molecule has 0 heterocycles. The van der Waals surface area contributed by atoms with Gasteiger partial charge in [0, 0.05) is 20.4 Å². The van der Waals surface area contributed by atoms with Crippen molar-refractivity contribution in [2.75, 3.05) is 0 Å². The normalized spacial score (nSPS) is 9.51. The Bertz CT molecular complexity index is 1550. The van der Waals surface area contributed by atoms with E-state index in [9.17, 15) is 0 Å². The fourth-order valence-corrected chi connectivity index (χ4v) is 9.48. The summed E-state index contributed by atoms with van der Waals surface area (Å²) in [7, 11) is -0.818. The molecular weight excluding hydrogens is 809 g/mol. The average molecular weight is 847 g/mol. The quantitative estimate of drug-likeness (QED) is 0.0891. The summed E-state index contributed by atoms with van der Waals surface area (Å²) >= 11 is 0. The smallest absolute Gasteiger partial charge is 0.214 e. The maximum atomic E-state index is 2.23. The predicted octanol–water partition coefficient (Wildman–Crippen LogP) is 9.13. The Morgan fingerprint density at radius 1 is 0.286 bits per heavy atom. The van der Waals surface area contributed by atoms with Crippen LogP contribution in [0, 0.1) is 0 Å². The van der Waals surface area contributed by atoms with Crippen LogP contribution >= 0.6 is 15.8 Å². The molecule has 0 aliphatic heterocycles. The molecule has 0 aliphatic carbocycles. The zero-order chi connectivity index (χ0) is 31.5. The van der Waals surface area contributed by atoms with Crippen molar-refractivity contribution < 1.29 is 54.6 Å². The molecule has 0 atom stereocenters. The molecule has 0 amide bonds. The zero-order valence-electron chi connectivity index (χ0n) is 26.9. The van der Waals surface area contributed by atoms with Crippen molar-refractivity contribution in [3.05, 3.63) is 231 Å². The van der Waals surface area contributed by atoms with Gasteiger partial charge in [-0.3, -0.25) is 0 Å². The first kappa shape index (κ1) is 42.0. The van der Waals surface area contributed by atoms with Crippen LogP contribution in [0.3, 0.4) is 0 Å². The Labute approximate surface area is 330 Å². The second kappa shape index (κ2) is 24.9. The van der Waals surface area contributed by atoms with Crippen LogP contribution in [0.5, 0.6) is 0 Å². The summed E-state index contributed by atoms with van der Waals surface area (Å²) < 4.78 is 0. The first-order chi connectivity index (χ1) is 22.9. The van der Waals surface area contributed by atoms with Crippen molar-refractivity contribution in [1.82, 2.24) is 0 Å². The van der Waals surface area contributed by atoms with Gasteiger partial charge in [0.15, 0.2) is 0 Å². The van der Waals surface area contributed by atoms with Crippen molar-refractivity contribution >= 4 is 47.7 Å². The molecule has 0 nitrogen and oxygen atoms in total. The monoisotopic (exact) mass is 846 g/mol. The molecule has 0 saturated heterocycles. The van der Waals surface area contributed by atoms with Crippen LogP contribution in [0.1, 0.15) is 0 Å². The minimum absolute atomic E-state index is 0. The largest absolute Gasteiger partial charge is 2.00 e. The molecule has 0 saturated carbocycles. The third-order valence-corrected chi connectivity index (χ3v) is 11.9. The standard InChI is InChI=1S/2C17H14P.2C5H5.2Fe.Pd/c2*1-3-9-15(10-4-1)18(17-13-7-8-14-17)16-11-5-2-6-12-16;2*1-2-4-5-3-1;;;/h2*1-14H;2*1-5H;;;/q4*-1;2*+2;. The molecule has 0 fully saturated rings. The summed E-state index contributed by atoms with van der Waals surface area (Å²) in [6.07, 6.45) is 0. The summed E-state index contributed by atoms with van der Waals surface area (Å²) in [6, 6.07) is 80.5. The minimum atomic E-state index is -0.409. The van der Waals surface area contributed by atoms with Crippen molar-refractivity contribution in [1.29, 1.82) is 0 Å². The van der Waals surface area contributed by atoms with Crippen LogP contribution in [0.25, 0.3) is 0 Å². The molecule has 0 N–H and O–H groups in total. The van der Waals surface area contributed by atoms with E-state index in [1.807, 2.05) is 60.7 Å². The van der Waals surface area contributed by atoms with Crippen molar-refractivity contribution in [2.24, 2.45) is 0 Å². The van der Waals surface area contributed by atoms with Gasteiger partial charge in [0.1, 0.15) is 0 Å². The summed E-state index contributed by atoms with van der Waals surface area (Å²) in [4.78, 5) is 0. The molecule has 8 aromatic carbocycles. The summed E-state index contributed by atoms with van der Waals surface area (Å²) in [5, 5.41) is 8.47. The number of hydrogen-bond acceptors (Lipinski definition) is 0. The molecule has 0 bridgehead atoms. The van der Waals surface area contributed by atoms with Gasteiger partial charge in [-0.1, -0.05) is 121 Å². The number of hydrogen-bond donors (Lipinski definition) is 0. The van der Waals surface area contributed by atoms with E-state index < -0.39 is 15.8 Å². The van der Waals surface area contributed by atoms with Gasteiger partial charge in [-0.25, -0.2) is 48.5 Å². The average Bonchev–Trinajstić information content (AvgIpc) is 3.98. The Morgan fingerprint density at radius 3 is 0.735 bits per heavy atom. The van der Waals surface area contributed by atoms with E-state index in [1.54, 1.807) is 0 Å². The Balaban J connectivity index is 0.000000253. The van der Waals surface area contributed by atoms with E-state index in [2.05, 4.69) is 170 Å². The van der Waals surface area contributed by atoms with Gasteiger partial charge in [0.2, 0.25) is 0 Å². The van der Waals surface area contributed by atoms with Gasteiger partial charge < -0.3 is 0 Å². The first-order valence-corrected chi connectivity index (χ1v) is 18.2. The maximum absolute atomic E-state index is 2.23. The molecule has 0 aliphatic rings. The third-order valence-electron chi connectivity index (χ3n) is 6.98. The minimum Gasteiger partial charge on any atom is -0.214 e. The van der Waals surface area contributed by atoms with Crippen LogP contribution in [0.2, 0.25) is 0 Å². The van der Waals surface area contributed by atoms with Crippen LogP contribution < -0.4 is 31.8 Å². The molecule has 250 valence electrons. The van der Waals surface area contributed by atoms with Crippen molar-refractivity contribution in [2.45, 2.75) is 0 Å². The van der Waals surface area contributed by atoms with E-state index >= 15 is 0 Å². The van der Waals surface area contributed by atoms with Gasteiger partial charge in [0.05, 0.1) is 0 Å². The van der Waals surface area contributed by atoms with Crippen LogP contribution in [0.4, 0.5) is 0 Å². The molecule has 0 unspecified atom stereocenters.